The second-order valence-electron chi connectivity index (χ2n) is 4.58. The number of nitrogens with zero attached hydrogens (tertiary/aromatic N) is 1. The minimum atomic E-state index is -2.87. The number of methoxy groups -OCH3 is 1. The van der Waals surface area contributed by atoms with Crippen LogP contribution in [0.3, 0.4) is 0 Å². The fourth-order valence-electron chi connectivity index (χ4n) is 2.16. The van der Waals surface area contributed by atoms with Crippen molar-refractivity contribution in [2.45, 2.75) is 11.5 Å². The summed E-state index contributed by atoms with van der Waals surface area (Å²) in [4.78, 5) is 4.45. The zero-order valence-corrected chi connectivity index (χ0v) is 12.2. The Hall–Kier alpha value is -2.02. The fourth-order valence-corrected chi connectivity index (χ4v) is 3.45. The molecule has 0 saturated heterocycles. The molecule has 0 spiro atoms. The van der Waals surface area contributed by atoms with Gasteiger partial charge in [0.15, 0.2) is 0 Å². The van der Waals surface area contributed by atoms with Crippen LogP contribution in [-0.4, -0.2) is 21.2 Å². The van der Waals surface area contributed by atoms with Crippen molar-refractivity contribution in [3.63, 3.8) is 0 Å². The molecule has 2 heterocycles. The van der Waals surface area contributed by atoms with Gasteiger partial charge in [0.2, 0.25) is 0 Å². The van der Waals surface area contributed by atoms with Crippen LogP contribution in [0.5, 0.6) is 11.5 Å². The van der Waals surface area contributed by atoms with E-state index in [2.05, 4.69) is 4.98 Å². The largest absolute Gasteiger partial charge is 0.496 e. The van der Waals surface area contributed by atoms with Crippen LogP contribution in [0.25, 0.3) is 6.08 Å². The topological polar surface area (TPSA) is 71.8 Å². The lowest BCUT2D eigenvalue weighted by Gasteiger charge is -2.26. The molecule has 0 radical (unpaired) electrons. The molecule has 0 unspecified atom stereocenters. The van der Waals surface area contributed by atoms with Gasteiger partial charge in [-0.3, -0.25) is 14.1 Å². The van der Waals surface area contributed by atoms with Gasteiger partial charge < -0.3 is 9.47 Å². The summed E-state index contributed by atoms with van der Waals surface area (Å²) in [6.07, 6.45) is 4.97. The van der Waals surface area contributed by atoms with Gasteiger partial charge in [0.05, 0.1) is 18.2 Å². The van der Waals surface area contributed by atoms with Crippen molar-refractivity contribution in [2.24, 2.45) is 0 Å². The van der Waals surface area contributed by atoms with Crippen LogP contribution < -0.4 is 9.47 Å². The third-order valence-corrected chi connectivity index (χ3v) is 4.67. The lowest BCUT2D eigenvalue weighted by Crippen LogP contribution is -2.00. The molecule has 0 bridgehead atoms. The molecule has 0 saturated carbocycles. The van der Waals surface area contributed by atoms with Crippen molar-refractivity contribution >= 4 is 16.7 Å². The Bertz CT molecular complexity index is 686. The summed E-state index contributed by atoms with van der Waals surface area (Å²) < 4.78 is 31.0. The number of hydrogen-bond donors (Lipinski definition) is 2. The van der Waals surface area contributed by atoms with E-state index in [1.54, 1.807) is 37.7 Å². The minimum absolute atomic E-state index is 0.296. The third kappa shape index (κ3) is 2.73. The van der Waals surface area contributed by atoms with Gasteiger partial charge in [-0.15, -0.1) is 10.6 Å². The van der Waals surface area contributed by atoms with Crippen LogP contribution in [0.4, 0.5) is 0 Å². The number of pyridine rings is 1. The molecular weight excluding hydrogens is 290 g/mol. The highest BCUT2D eigenvalue weighted by molar-refractivity contribution is 8.27. The summed E-state index contributed by atoms with van der Waals surface area (Å²) in [5.74, 6) is 1.26. The fraction of sp³-hybridized carbons (Fsp3) is 0.133. The van der Waals surface area contributed by atoms with E-state index in [1.165, 1.54) is 5.41 Å². The Morgan fingerprint density at radius 1 is 1.29 bits per heavy atom. The van der Waals surface area contributed by atoms with E-state index in [-0.39, 0.29) is 0 Å². The van der Waals surface area contributed by atoms with Crippen molar-refractivity contribution in [3.05, 3.63) is 53.2 Å². The highest BCUT2D eigenvalue weighted by Crippen LogP contribution is 2.58. The van der Waals surface area contributed by atoms with E-state index in [0.717, 1.165) is 5.56 Å². The SMILES string of the molecule is COc1cc(COc2cccnc2)cc2c1C=CS2(O)O. The van der Waals surface area contributed by atoms with E-state index >= 15 is 0 Å². The third-order valence-electron chi connectivity index (χ3n) is 3.17. The van der Waals surface area contributed by atoms with Crippen molar-refractivity contribution < 1.29 is 18.6 Å². The Morgan fingerprint density at radius 2 is 2.14 bits per heavy atom. The van der Waals surface area contributed by atoms with Crippen LogP contribution in [0.15, 0.2) is 47.0 Å². The Labute approximate surface area is 124 Å². The Balaban J connectivity index is 1.88. The molecule has 1 aliphatic rings. The first-order valence-electron chi connectivity index (χ1n) is 6.30. The van der Waals surface area contributed by atoms with Crippen LogP contribution in [0.2, 0.25) is 0 Å². The highest BCUT2D eigenvalue weighted by atomic mass is 32.3. The smallest absolute Gasteiger partial charge is 0.138 e. The molecule has 0 aliphatic carbocycles. The number of ether oxygens (including phenoxy) is 2. The molecule has 0 atom stereocenters. The molecule has 0 amide bonds. The molecule has 0 fully saturated rings. The number of fused-ring (bicyclic) bond motifs is 1. The van der Waals surface area contributed by atoms with E-state index in [0.29, 0.717) is 28.6 Å². The van der Waals surface area contributed by atoms with Crippen molar-refractivity contribution in [1.82, 2.24) is 4.98 Å². The van der Waals surface area contributed by atoms with Gasteiger partial charge in [0.25, 0.3) is 0 Å². The van der Waals surface area contributed by atoms with Crippen molar-refractivity contribution in [2.75, 3.05) is 7.11 Å². The van der Waals surface area contributed by atoms with Gasteiger partial charge in [0, 0.05) is 17.2 Å². The summed E-state index contributed by atoms with van der Waals surface area (Å²) in [7, 11) is -1.32. The number of rotatable bonds is 4. The zero-order chi connectivity index (χ0) is 14.9. The predicted octanol–water partition coefficient (Wildman–Crippen LogP) is 3.76. The van der Waals surface area contributed by atoms with Gasteiger partial charge in [0.1, 0.15) is 18.1 Å². The maximum atomic E-state index is 10.0. The van der Waals surface area contributed by atoms with E-state index in [4.69, 9.17) is 9.47 Å². The first-order chi connectivity index (χ1) is 10.1. The molecule has 6 heteroatoms. The summed E-state index contributed by atoms with van der Waals surface area (Å²) in [5.41, 5.74) is 1.51. The van der Waals surface area contributed by atoms with Gasteiger partial charge in [-0.2, -0.15) is 0 Å². The molecule has 110 valence electrons. The maximum absolute atomic E-state index is 10.0. The van der Waals surface area contributed by atoms with Crippen molar-refractivity contribution in [3.8, 4) is 11.5 Å². The summed E-state index contributed by atoms with van der Waals surface area (Å²) in [5, 5.41) is 1.41. The molecule has 1 aliphatic heterocycles. The van der Waals surface area contributed by atoms with E-state index in [9.17, 15) is 9.11 Å². The lowest BCUT2D eigenvalue weighted by atomic mass is 10.1. The van der Waals surface area contributed by atoms with Gasteiger partial charge in [-0.05, 0) is 35.9 Å². The van der Waals surface area contributed by atoms with E-state index in [1.807, 2.05) is 12.1 Å². The van der Waals surface area contributed by atoms with Gasteiger partial charge >= 0.3 is 0 Å². The van der Waals surface area contributed by atoms with E-state index < -0.39 is 10.6 Å². The molecule has 2 aromatic rings. The molecule has 1 aromatic heterocycles. The molecule has 5 nitrogen and oxygen atoms in total. The quantitative estimate of drug-likeness (QED) is 0.899. The van der Waals surface area contributed by atoms with Crippen LogP contribution in [-0.2, 0) is 6.61 Å². The highest BCUT2D eigenvalue weighted by Gasteiger charge is 2.25. The number of benzene rings is 1. The average molecular weight is 305 g/mol. The second kappa shape index (κ2) is 5.40. The zero-order valence-electron chi connectivity index (χ0n) is 11.4. The molecule has 21 heavy (non-hydrogen) atoms. The van der Waals surface area contributed by atoms with Gasteiger partial charge in [-0.25, -0.2) is 0 Å². The standard InChI is InChI=1S/C15H15NO4S/c1-19-14-7-11(10-20-12-3-2-5-16-9-12)8-15-13(14)4-6-21(15,17)18/h2-9,17-18H,10H2,1H3. The van der Waals surface area contributed by atoms with Crippen molar-refractivity contribution in [1.29, 1.82) is 0 Å². The average Bonchev–Trinajstić information content (AvgIpc) is 2.81. The first kappa shape index (κ1) is 13.9. The molecule has 1 aromatic carbocycles. The summed E-state index contributed by atoms with van der Waals surface area (Å²) >= 11 is 0. The lowest BCUT2D eigenvalue weighted by molar-refractivity contribution is 0.303. The predicted molar refractivity (Wildman–Crippen MR) is 81.7 cm³/mol. The summed E-state index contributed by atoms with van der Waals surface area (Å²) in [6, 6.07) is 7.18. The normalized spacial score (nSPS) is 16.3. The van der Waals surface area contributed by atoms with Crippen LogP contribution in [0.1, 0.15) is 11.1 Å². The number of aromatic nitrogens is 1. The Morgan fingerprint density at radius 3 is 2.86 bits per heavy atom. The van der Waals surface area contributed by atoms with Gasteiger partial charge in [-0.1, -0.05) is 0 Å². The molecular formula is C15H15NO4S. The van der Waals surface area contributed by atoms with Crippen LogP contribution in [0, 0.1) is 0 Å². The second-order valence-corrected chi connectivity index (χ2v) is 6.48. The Kier molecular flexibility index (Phi) is 3.59. The first-order valence-corrected chi connectivity index (χ1v) is 7.91. The monoisotopic (exact) mass is 305 g/mol. The molecule has 2 N–H and O–H groups in total. The maximum Gasteiger partial charge on any atom is 0.138 e. The minimum Gasteiger partial charge on any atom is -0.496 e. The molecule has 3 rings (SSSR count). The van der Waals surface area contributed by atoms with Crippen LogP contribution >= 0.6 is 10.6 Å². The summed E-state index contributed by atoms with van der Waals surface area (Å²) in [6.45, 7) is 0.296. The number of hydrogen-bond acceptors (Lipinski definition) is 5.